The standard InChI is InChI=1S/C9H20N2/c1-5-8(6-2)11(4)9(10)7-3/h8,10H,5-7H2,1-4H3. The second kappa shape index (κ2) is 5.16. The number of nitrogens with zero attached hydrogens (tertiary/aromatic N) is 1. The van der Waals surface area contributed by atoms with Gasteiger partial charge in [-0.3, -0.25) is 5.41 Å². The Morgan fingerprint density at radius 3 is 2.00 bits per heavy atom. The second-order valence-electron chi connectivity index (χ2n) is 2.88. The second-order valence-corrected chi connectivity index (χ2v) is 2.88. The number of nitrogens with one attached hydrogen (secondary N) is 1. The smallest absolute Gasteiger partial charge is 0.0954 e. The van der Waals surface area contributed by atoms with Crippen molar-refractivity contribution >= 4 is 5.84 Å². The average molecular weight is 156 g/mol. The van der Waals surface area contributed by atoms with Crippen molar-refractivity contribution in [2.75, 3.05) is 7.05 Å². The lowest BCUT2D eigenvalue weighted by Crippen LogP contribution is -2.35. The fraction of sp³-hybridized carbons (Fsp3) is 0.889. The van der Waals surface area contributed by atoms with Crippen LogP contribution < -0.4 is 0 Å². The van der Waals surface area contributed by atoms with E-state index in [0.717, 1.165) is 25.1 Å². The normalized spacial score (nSPS) is 10.3. The zero-order valence-corrected chi connectivity index (χ0v) is 8.15. The van der Waals surface area contributed by atoms with E-state index >= 15 is 0 Å². The molecule has 0 unspecified atom stereocenters. The Morgan fingerprint density at radius 1 is 1.27 bits per heavy atom. The average Bonchev–Trinajstić information content (AvgIpc) is 2.05. The highest BCUT2D eigenvalue weighted by molar-refractivity contribution is 5.78. The van der Waals surface area contributed by atoms with E-state index in [-0.39, 0.29) is 0 Å². The summed E-state index contributed by atoms with van der Waals surface area (Å²) < 4.78 is 0. The highest BCUT2D eigenvalue weighted by Gasteiger charge is 2.11. The van der Waals surface area contributed by atoms with Gasteiger partial charge in [-0.25, -0.2) is 0 Å². The maximum absolute atomic E-state index is 7.61. The molecule has 0 aromatic heterocycles. The molecule has 0 atom stereocenters. The van der Waals surface area contributed by atoms with E-state index in [2.05, 4.69) is 18.7 Å². The molecule has 0 bridgehead atoms. The van der Waals surface area contributed by atoms with E-state index in [0.29, 0.717) is 6.04 Å². The van der Waals surface area contributed by atoms with Crippen LogP contribution in [0.3, 0.4) is 0 Å². The fourth-order valence-corrected chi connectivity index (χ4v) is 1.31. The van der Waals surface area contributed by atoms with Gasteiger partial charge < -0.3 is 4.90 Å². The zero-order chi connectivity index (χ0) is 8.85. The van der Waals surface area contributed by atoms with Crippen LogP contribution >= 0.6 is 0 Å². The van der Waals surface area contributed by atoms with Gasteiger partial charge in [0.15, 0.2) is 0 Å². The Hall–Kier alpha value is -0.530. The highest BCUT2D eigenvalue weighted by atomic mass is 15.2. The molecule has 0 amide bonds. The molecule has 0 aliphatic heterocycles. The summed E-state index contributed by atoms with van der Waals surface area (Å²) >= 11 is 0. The van der Waals surface area contributed by atoms with Gasteiger partial charge in [-0.05, 0) is 12.8 Å². The first-order valence-corrected chi connectivity index (χ1v) is 4.47. The van der Waals surface area contributed by atoms with E-state index < -0.39 is 0 Å². The van der Waals surface area contributed by atoms with Crippen molar-refractivity contribution in [1.29, 1.82) is 5.41 Å². The summed E-state index contributed by atoms with van der Waals surface area (Å²) in [5.41, 5.74) is 0. The Bertz CT molecular complexity index is 117. The lowest BCUT2D eigenvalue weighted by molar-refractivity contribution is 0.338. The van der Waals surface area contributed by atoms with Gasteiger partial charge >= 0.3 is 0 Å². The summed E-state index contributed by atoms with van der Waals surface area (Å²) in [6.07, 6.45) is 3.11. The lowest BCUT2D eigenvalue weighted by atomic mass is 10.1. The van der Waals surface area contributed by atoms with E-state index in [1.807, 2.05) is 14.0 Å². The molecule has 0 aromatic rings. The van der Waals surface area contributed by atoms with Crippen molar-refractivity contribution in [2.24, 2.45) is 0 Å². The van der Waals surface area contributed by atoms with Crippen molar-refractivity contribution in [2.45, 2.75) is 46.1 Å². The Kier molecular flexibility index (Phi) is 4.92. The van der Waals surface area contributed by atoms with Gasteiger partial charge in [0.25, 0.3) is 0 Å². The van der Waals surface area contributed by atoms with E-state index in [1.165, 1.54) is 0 Å². The third-order valence-electron chi connectivity index (χ3n) is 2.25. The summed E-state index contributed by atoms with van der Waals surface area (Å²) in [4.78, 5) is 2.08. The first-order chi connectivity index (χ1) is 5.17. The molecule has 11 heavy (non-hydrogen) atoms. The monoisotopic (exact) mass is 156 g/mol. The Balaban J connectivity index is 3.97. The zero-order valence-electron chi connectivity index (χ0n) is 8.15. The molecule has 0 heterocycles. The van der Waals surface area contributed by atoms with E-state index in [4.69, 9.17) is 5.41 Å². The van der Waals surface area contributed by atoms with Crippen molar-refractivity contribution in [3.63, 3.8) is 0 Å². The summed E-state index contributed by atoms with van der Waals surface area (Å²) in [5.74, 6) is 0.749. The van der Waals surface area contributed by atoms with Crippen molar-refractivity contribution in [3.05, 3.63) is 0 Å². The molecule has 66 valence electrons. The molecule has 0 radical (unpaired) electrons. The molecular formula is C9H20N2. The van der Waals surface area contributed by atoms with Gasteiger partial charge in [0.1, 0.15) is 0 Å². The van der Waals surface area contributed by atoms with Crippen molar-refractivity contribution in [1.82, 2.24) is 4.90 Å². The minimum absolute atomic E-state index is 0.558. The predicted octanol–water partition coefficient (Wildman–Crippen LogP) is 2.49. The number of amidine groups is 1. The molecule has 2 nitrogen and oxygen atoms in total. The van der Waals surface area contributed by atoms with Crippen LogP contribution in [0.25, 0.3) is 0 Å². The summed E-state index contributed by atoms with van der Waals surface area (Å²) in [7, 11) is 2.02. The van der Waals surface area contributed by atoms with Crippen LogP contribution in [0.15, 0.2) is 0 Å². The van der Waals surface area contributed by atoms with Crippen molar-refractivity contribution < 1.29 is 0 Å². The molecule has 0 aromatic carbocycles. The summed E-state index contributed by atoms with van der Waals surface area (Å²) in [6.45, 7) is 6.38. The Labute approximate surface area is 70.1 Å². The number of hydrogen-bond acceptors (Lipinski definition) is 1. The molecular weight excluding hydrogens is 136 g/mol. The molecule has 0 spiro atoms. The number of hydrogen-bond donors (Lipinski definition) is 1. The van der Waals surface area contributed by atoms with Crippen molar-refractivity contribution in [3.8, 4) is 0 Å². The topological polar surface area (TPSA) is 27.1 Å². The third kappa shape index (κ3) is 2.91. The predicted molar refractivity (Wildman–Crippen MR) is 50.2 cm³/mol. The maximum Gasteiger partial charge on any atom is 0.0954 e. The molecule has 0 aliphatic rings. The largest absolute Gasteiger partial charge is 0.361 e. The first-order valence-electron chi connectivity index (χ1n) is 4.47. The number of rotatable bonds is 4. The molecule has 0 saturated heterocycles. The molecule has 0 rings (SSSR count). The maximum atomic E-state index is 7.61. The third-order valence-corrected chi connectivity index (χ3v) is 2.25. The van der Waals surface area contributed by atoms with Crippen LogP contribution in [0.5, 0.6) is 0 Å². The van der Waals surface area contributed by atoms with Crippen LogP contribution in [-0.2, 0) is 0 Å². The first kappa shape index (κ1) is 10.5. The quantitative estimate of drug-likeness (QED) is 0.491. The van der Waals surface area contributed by atoms with E-state index in [1.54, 1.807) is 0 Å². The minimum Gasteiger partial charge on any atom is -0.361 e. The molecule has 1 N–H and O–H groups in total. The van der Waals surface area contributed by atoms with E-state index in [9.17, 15) is 0 Å². The van der Waals surface area contributed by atoms with Gasteiger partial charge in [-0.2, -0.15) is 0 Å². The van der Waals surface area contributed by atoms with Gasteiger partial charge in [-0.15, -0.1) is 0 Å². The minimum atomic E-state index is 0.558. The summed E-state index contributed by atoms with van der Waals surface area (Å²) in [5, 5.41) is 7.61. The van der Waals surface area contributed by atoms with Crippen LogP contribution in [0.1, 0.15) is 40.0 Å². The Morgan fingerprint density at radius 2 is 1.73 bits per heavy atom. The highest BCUT2D eigenvalue weighted by Crippen LogP contribution is 2.07. The van der Waals surface area contributed by atoms with Gasteiger partial charge in [0.2, 0.25) is 0 Å². The van der Waals surface area contributed by atoms with Gasteiger partial charge in [-0.1, -0.05) is 20.8 Å². The molecule has 0 saturated carbocycles. The van der Waals surface area contributed by atoms with Crippen LogP contribution in [0.2, 0.25) is 0 Å². The molecule has 0 aliphatic carbocycles. The van der Waals surface area contributed by atoms with Gasteiger partial charge in [0, 0.05) is 19.5 Å². The molecule has 0 fully saturated rings. The van der Waals surface area contributed by atoms with Crippen LogP contribution in [-0.4, -0.2) is 23.8 Å². The lowest BCUT2D eigenvalue weighted by Gasteiger charge is -2.28. The SMILES string of the molecule is CCC(=N)N(C)C(CC)CC. The van der Waals surface area contributed by atoms with Crippen LogP contribution in [0.4, 0.5) is 0 Å². The fourth-order valence-electron chi connectivity index (χ4n) is 1.31. The van der Waals surface area contributed by atoms with Crippen LogP contribution in [0, 0.1) is 5.41 Å². The summed E-state index contributed by atoms with van der Waals surface area (Å²) in [6, 6.07) is 0.558. The van der Waals surface area contributed by atoms with Gasteiger partial charge in [0.05, 0.1) is 5.84 Å². The molecule has 2 heteroatoms.